The molecule has 0 radical (unpaired) electrons. The van der Waals surface area contributed by atoms with Crippen LogP contribution in [0.5, 0.6) is 0 Å². The Morgan fingerprint density at radius 2 is 1.79 bits per heavy atom. The van der Waals surface area contributed by atoms with Crippen LogP contribution in [0.3, 0.4) is 0 Å². The van der Waals surface area contributed by atoms with Crippen LogP contribution < -0.4 is 0 Å². The first-order valence-corrected chi connectivity index (χ1v) is 6.57. The van der Waals surface area contributed by atoms with Crippen LogP contribution >= 0.6 is 0 Å². The highest BCUT2D eigenvalue weighted by molar-refractivity contribution is 6.05. The average molecular weight is 270 g/mol. The van der Waals surface area contributed by atoms with Crippen LogP contribution in [-0.4, -0.2) is 37.9 Å². The highest BCUT2D eigenvalue weighted by Crippen LogP contribution is 2.44. The van der Waals surface area contributed by atoms with Crippen molar-refractivity contribution in [3.63, 3.8) is 0 Å². The molecule has 0 aromatic rings. The van der Waals surface area contributed by atoms with E-state index >= 15 is 0 Å². The monoisotopic (exact) mass is 270 g/mol. The molecular weight excluding hydrogens is 248 g/mol. The van der Waals surface area contributed by atoms with Crippen molar-refractivity contribution in [1.29, 1.82) is 0 Å². The summed E-state index contributed by atoms with van der Waals surface area (Å²) < 4.78 is 15.7. The SMILES string of the molecule is C=C1CO[C@@H](C(C)C)C1(C(=O)OCC)C(=O)OCC. The lowest BCUT2D eigenvalue weighted by molar-refractivity contribution is -0.175. The van der Waals surface area contributed by atoms with Crippen LogP contribution in [-0.2, 0) is 23.8 Å². The van der Waals surface area contributed by atoms with Gasteiger partial charge in [-0.1, -0.05) is 20.4 Å². The van der Waals surface area contributed by atoms with E-state index in [1.165, 1.54) is 0 Å². The maximum absolute atomic E-state index is 12.3. The van der Waals surface area contributed by atoms with Crippen LogP contribution in [0.25, 0.3) is 0 Å². The second-order valence-corrected chi connectivity index (χ2v) is 4.83. The maximum atomic E-state index is 12.3. The van der Waals surface area contributed by atoms with Gasteiger partial charge in [-0.15, -0.1) is 0 Å². The van der Waals surface area contributed by atoms with Crippen LogP contribution in [0.1, 0.15) is 27.7 Å². The zero-order chi connectivity index (χ0) is 14.6. The molecule has 1 rings (SSSR count). The quantitative estimate of drug-likeness (QED) is 0.432. The third kappa shape index (κ3) is 2.52. The minimum Gasteiger partial charge on any atom is -0.465 e. The molecule has 0 aliphatic carbocycles. The molecule has 1 aliphatic rings. The first-order chi connectivity index (χ1) is 8.92. The lowest BCUT2D eigenvalue weighted by Gasteiger charge is -2.32. The van der Waals surface area contributed by atoms with Gasteiger partial charge in [0, 0.05) is 0 Å². The van der Waals surface area contributed by atoms with Crippen molar-refractivity contribution in [3.8, 4) is 0 Å². The van der Waals surface area contributed by atoms with E-state index in [1.807, 2.05) is 13.8 Å². The molecule has 1 fully saturated rings. The van der Waals surface area contributed by atoms with Gasteiger partial charge in [0.1, 0.15) is 0 Å². The second-order valence-electron chi connectivity index (χ2n) is 4.83. The molecule has 5 heteroatoms. The molecule has 0 amide bonds. The fourth-order valence-corrected chi connectivity index (χ4v) is 2.42. The third-order valence-electron chi connectivity index (χ3n) is 3.22. The van der Waals surface area contributed by atoms with Gasteiger partial charge >= 0.3 is 11.9 Å². The number of hydrogen-bond acceptors (Lipinski definition) is 5. The zero-order valence-electron chi connectivity index (χ0n) is 12.0. The van der Waals surface area contributed by atoms with Crippen molar-refractivity contribution >= 4 is 11.9 Å². The summed E-state index contributed by atoms with van der Waals surface area (Å²) in [5.41, 5.74) is -1.12. The van der Waals surface area contributed by atoms with E-state index in [0.29, 0.717) is 5.57 Å². The van der Waals surface area contributed by atoms with Gasteiger partial charge < -0.3 is 14.2 Å². The Balaban J connectivity index is 3.26. The van der Waals surface area contributed by atoms with E-state index in [9.17, 15) is 9.59 Å². The van der Waals surface area contributed by atoms with Crippen molar-refractivity contribution in [1.82, 2.24) is 0 Å². The minimum atomic E-state index is -1.53. The van der Waals surface area contributed by atoms with E-state index in [4.69, 9.17) is 14.2 Å². The molecule has 0 bridgehead atoms. The standard InChI is InChI=1S/C14H22O5/c1-6-17-12(15)14(13(16)18-7-2)10(5)8-19-11(14)9(3)4/h9,11H,5-8H2,1-4H3/t11-/m0/s1. The first-order valence-electron chi connectivity index (χ1n) is 6.57. The summed E-state index contributed by atoms with van der Waals surface area (Å²) >= 11 is 0. The van der Waals surface area contributed by atoms with Crippen molar-refractivity contribution < 1.29 is 23.8 Å². The third-order valence-corrected chi connectivity index (χ3v) is 3.22. The first kappa shape index (κ1) is 15.7. The predicted molar refractivity (Wildman–Crippen MR) is 69.4 cm³/mol. The summed E-state index contributed by atoms with van der Waals surface area (Å²) in [6.07, 6.45) is -0.599. The molecule has 1 atom stereocenters. The molecule has 0 unspecified atom stereocenters. The summed E-state index contributed by atoms with van der Waals surface area (Å²) in [5, 5.41) is 0. The summed E-state index contributed by atoms with van der Waals surface area (Å²) in [6.45, 7) is 11.5. The molecule has 0 aromatic heterocycles. The molecule has 1 heterocycles. The number of rotatable bonds is 5. The van der Waals surface area contributed by atoms with E-state index in [1.54, 1.807) is 13.8 Å². The number of carbonyl (C=O) groups is 2. The summed E-state index contributed by atoms with van der Waals surface area (Å²) in [7, 11) is 0. The van der Waals surface area contributed by atoms with Gasteiger partial charge in [-0.25, -0.2) is 0 Å². The van der Waals surface area contributed by atoms with Crippen LogP contribution in [0.4, 0.5) is 0 Å². The Bertz CT molecular complexity index is 354. The molecule has 1 saturated heterocycles. The van der Waals surface area contributed by atoms with Crippen LogP contribution in [0.2, 0.25) is 0 Å². The zero-order valence-corrected chi connectivity index (χ0v) is 12.0. The lowest BCUT2D eigenvalue weighted by atomic mass is 9.74. The maximum Gasteiger partial charge on any atom is 0.330 e. The Labute approximate surface area is 113 Å². The van der Waals surface area contributed by atoms with Crippen molar-refractivity contribution in [2.45, 2.75) is 33.8 Å². The Morgan fingerprint density at radius 1 is 1.32 bits per heavy atom. The molecular formula is C14H22O5. The molecule has 0 N–H and O–H groups in total. The Morgan fingerprint density at radius 3 is 2.16 bits per heavy atom. The Hall–Kier alpha value is -1.36. The van der Waals surface area contributed by atoms with Crippen LogP contribution in [0, 0.1) is 11.3 Å². The van der Waals surface area contributed by atoms with E-state index in [2.05, 4.69) is 6.58 Å². The molecule has 1 aliphatic heterocycles. The van der Waals surface area contributed by atoms with E-state index < -0.39 is 23.5 Å². The summed E-state index contributed by atoms with van der Waals surface area (Å²) in [5.74, 6) is -1.29. The number of carbonyl (C=O) groups excluding carboxylic acids is 2. The van der Waals surface area contributed by atoms with Gasteiger partial charge in [0.05, 0.1) is 25.9 Å². The normalized spacial score (nSPS) is 21.5. The smallest absolute Gasteiger partial charge is 0.330 e. The molecule has 19 heavy (non-hydrogen) atoms. The highest BCUT2D eigenvalue weighted by atomic mass is 16.6. The van der Waals surface area contributed by atoms with Gasteiger partial charge in [0.2, 0.25) is 5.41 Å². The van der Waals surface area contributed by atoms with Crippen molar-refractivity contribution in [3.05, 3.63) is 12.2 Å². The minimum absolute atomic E-state index is 0.0342. The van der Waals surface area contributed by atoms with E-state index in [0.717, 1.165) is 0 Å². The molecule has 108 valence electrons. The van der Waals surface area contributed by atoms with Gasteiger partial charge in [0.25, 0.3) is 0 Å². The molecule has 5 nitrogen and oxygen atoms in total. The van der Waals surface area contributed by atoms with Crippen LogP contribution in [0.15, 0.2) is 12.2 Å². The van der Waals surface area contributed by atoms with Gasteiger partial charge in [0.15, 0.2) is 0 Å². The molecule has 0 spiro atoms. The van der Waals surface area contributed by atoms with Gasteiger partial charge in [-0.3, -0.25) is 9.59 Å². The number of hydrogen-bond donors (Lipinski definition) is 0. The Kier molecular flexibility index (Phi) is 5.11. The predicted octanol–water partition coefficient (Wildman–Crippen LogP) is 1.71. The van der Waals surface area contributed by atoms with Crippen molar-refractivity contribution in [2.24, 2.45) is 11.3 Å². The van der Waals surface area contributed by atoms with Crippen molar-refractivity contribution in [2.75, 3.05) is 19.8 Å². The lowest BCUT2D eigenvalue weighted by Crippen LogP contribution is -2.50. The molecule has 0 aromatic carbocycles. The second kappa shape index (κ2) is 6.19. The highest BCUT2D eigenvalue weighted by Gasteiger charge is 2.62. The largest absolute Gasteiger partial charge is 0.465 e. The van der Waals surface area contributed by atoms with Gasteiger partial charge in [-0.05, 0) is 25.3 Å². The van der Waals surface area contributed by atoms with E-state index in [-0.39, 0.29) is 25.7 Å². The number of ether oxygens (including phenoxy) is 3. The average Bonchev–Trinajstić information content (AvgIpc) is 2.68. The van der Waals surface area contributed by atoms with Gasteiger partial charge in [-0.2, -0.15) is 0 Å². The topological polar surface area (TPSA) is 61.8 Å². The number of esters is 2. The fourth-order valence-electron chi connectivity index (χ4n) is 2.42. The summed E-state index contributed by atoms with van der Waals surface area (Å²) in [6, 6.07) is 0. The molecule has 0 saturated carbocycles. The summed E-state index contributed by atoms with van der Waals surface area (Å²) in [4.78, 5) is 24.7. The fraction of sp³-hybridized carbons (Fsp3) is 0.714.